The molecule has 1 fully saturated rings. The molecule has 2 aromatic carbocycles. The second-order valence-electron chi connectivity index (χ2n) is 10.2. The molecule has 1 nitrogen and oxygen atoms in total. The lowest BCUT2D eigenvalue weighted by Crippen LogP contribution is -2.45. The van der Waals surface area contributed by atoms with Gasteiger partial charge in [-0.1, -0.05) is 81.5 Å². The molecular formula is C30H36F6O. The molecule has 37 heavy (non-hydrogen) atoms. The van der Waals surface area contributed by atoms with E-state index in [0.29, 0.717) is 11.5 Å². The molecule has 0 bridgehead atoms. The zero-order chi connectivity index (χ0) is 27.1. The van der Waals surface area contributed by atoms with Crippen molar-refractivity contribution in [2.45, 2.75) is 90.1 Å². The molecule has 1 aliphatic carbocycles. The van der Waals surface area contributed by atoms with Crippen LogP contribution >= 0.6 is 0 Å². The number of allylic oxidation sites excluding steroid dienone is 1. The van der Waals surface area contributed by atoms with Gasteiger partial charge in [-0.3, -0.25) is 0 Å². The van der Waals surface area contributed by atoms with Crippen molar-refractivity contribution >= 4 is 6.08 Å². The van der Waals surface area contributed by atoms with Gasteiger partial charge >= 0.3 is 12.3 Å². The number of ether oxygens (including phenoxy) is 1. The fourth-order valence-electron chi connectivity index (χ4n) is 4.90. The van der Waals surface area contributed by atoms with E-state index in [1.807, 2.05) is 24.3 Å². The molecule has 2 aromatic rings. The Hall–Kier alpha value is -2.44. The summed E-state index contributed by atoms with van der Waals surface area (Å²) in [5, 5.41) is 0. The van der Waals surface area contributed by atoms with Crippen molar-refractivity contribution in [3.05, 3.63) is 59.7 Å². The number of hydrogen-bond acceptors (Lipinski definition) is 1. The minimum absolute atomic E-state index is 0.177. The Kier molecular flexibility index (Phi) is 10.1. The third kappa shape index (κ3) is 8.54. The van der Waals surface area contributed by atoms with Crippen molar-refractivity contribution in [3.8, 4) is 16.9 Å². The Labute approximate surface area is 215 Å². The van der Waals surface area contributed by atoms with E-state index in [9.17, 15) is 26.3 Å². The lowest BCUT2D eigenvalue weighted by atomic mass is 9.79. The van der Waals surface area contributed by atoms with Gasteiger partial charge in [0.05, 0.1) is 0 Å². The van der Waals surface area contributed by atoms with Crippen LogP contribution in [0.15, 0.2) is 48.5 Å². The minimum atomic E-state index is -5.72. The maximum atomic E-state index is 13.6. The van der Waals surface area contributed by atoms with Gasteiger partial charge in [-0.25, -0.2) is 4.39 Å². The van der Waals surface area contributed by atoms with Crippen LogP contribution in [0.4, 0.5) is 26.3 Å². The number of aryl methyl sites for hydroxylation is 1. The van der Waals surface area contributed by atoms with Crippen molar-refractivity contribution in [2.75, 3.05) is 0 Å². The molecule has 0 amide bonds. The van der Waals surface area contributed by atoms with Gasteiger partial charge in [-0.2, -0.15) is 22.0 Å². The standard InChI is InChI=1S/C30H36F6O/c1-3-4-5-6-7-22-8-10-23(11-9-22)12-13-24-14-16-25(17-15-24)26-18-19-27(21(2)20-26)37-30(35,36)28(31)29(32,33)34/h12-20,22-23,28H,3-11H2,1-2H3. The van der Waals surface area contributed by atoms with Gasteiger partial charge in [0.2, 0.25) is 0 Å². The lowest BCUT2D eigenvalue weighted by molar-refractivity contribution is -0.305. The molecule has 0 radical (unpaired) electrons. The predicted molar refractivity (Wildman–Crippen MR) is 136 cm³/mol. The summed E-state index contributed by atoms with van der Waals surface area (Å²) in [6, 6.07) is 11.9. The summed E-state index contributed by atoms with van der Waals surface area (Å²) in [4.78, 5) is 0. The highest BCUT2D eigenvalue weighted by Crippen LogP contribution is 2.38. The van der Waals surface area contributed by atoms with E-state index in [4.69, 9.17) is 0 Å². The van der Waals surface area contributed by atoms with Gasteiger partial charge in [-0.05, 0) is 78.8 Å². The molecule has 1 saturated carbocycles. The molecule has 0 aliphatic heterocycles. The Morgan fingerprint density at radius 1 is 0.892 bits per heavy atom. The number of halogens is 6. The van der Waals surface area contributed by atoms with Crippen LogP contribution in [0.1, 0.15) is 75.8 Å². The first-order chi connectivity index (χ1) is 17.5. The highest BCUT2D eigenvalue weighted by Gasteiger charge is 2.59. The summed E-state index contributed by atoms with van der Waals surface area (Å²) in [7, 11) is 0. The number of unbranched alkanes of at least 4 members (excludes halogenated alkanes) is 3. The first kappa shape index (κ1) is 29.1. The summed E-state index contributed by atoms with van der Waals surface area (Å²) in [6.45, 7) is 3.66. The van der Waals surface area contributed by atoms with Crippen molar-refractivity contribution in [2.24, 2.45) is 11.8 Å². The molecule has 0 N–H and O–H groups in total. The van der Waals surface area contributed by atoms with Crippen molar-refractivity contribution < 1.29 is 31.1 Å². The zero-order valence-electron chi connectivity index (χ0n) is 21.5. The van der Waals surface area contributed by atoms with E-state index >= 15 is 0 Å². The number of hydrogen-bond donors (Lipinski definition) is 0. The molecule has 0 heterocycles. The van der Waals surface area contributed by atoms with Crippen molar-refractivity contribution in [3.63, 3.8) is 0 Å². The van der Waals surface area contributed by atoms with Gasteiger partial charge in [0, 0.05) is 0 Å². The van der Waals surface area contributed by atoms with E-state index in [1.54, 1.807) is 0 Å². The third-order valence-corrected chi connectivity index (χ3v) is 7.17. The normalized spacial score (nSPS) is 19.8. The van der Waals surface area contributed by atoms with E-state index in [1.165, 1.54) is 76.8 Å². The van der Waals surface area contributed by atoms with Crippen molar-refractivity contribution in [1.82, 2.24) is 0 Å². The largest absolute Gasteiger partial charge is 0.439 e. The Balaban J connectivity index is 1.55. The predicted octanol–water partition coefficient (Wildman–Crippen LogP) is 10.3. The highest BCUT2D eigenvalue weighted by atomic mass is 19.4. The van der Waals surface area contributed by atoms with Crippen LogP contribution < -0.4 is 4.74 Å². The van der Waals surface area contributed by atoms with Crippen LogP contribution in [0.5, 0.6) is 5.75 Å². The lowest BCUT2D eigenvalue weighted by Gasteiger charge is -2.26. The van der Waals surface area contributed by atoms with E-state index in [0.717, 1.165) is 23.1 Å². The summed E-state index contributed by atoms with van der Waals surface area (Å²) in [6.07, 6.45) is 0.989. The second kappa shape index (κ2) is 12.9. The van der Waals surface area contributed by atoms with Gasteiger partial charge < -0.3 is 4.74 Å². The fraction of sp³-hybridized carbons (Fsp3) is 0.533. The number of benzene rings is 2. The maximum absolute atomic E-state index is 13.6. The van der Waals surface area contributed by atoms with Crippen molar-refractivity contribution in [1.29, 1.82) is 0 Å². The summed E-state index contributed by atoms with van der Waals surface area (Å²) >= 11 is 0. The van der Waals surface area contributed by atoms with Crippen LogP contribution in [0, 0.1) is 18.8 Å². The topological polar surface area (TPSA) is 9.23 Å². The third-order valence-electron chi connectivity index (χ3n) is 7.17. The average molecular weight is 527 g/mol. The van der Waals surface area contributed by atoms with Crippen LogP contribution in [-0.4, -0.2) is 18.5 Å². The molecular weight excluding hydrogens is 490 g/mol. The molecule has 3 rings (SSSR count). The Morgan fingerprint density at radius 2 is 1.54 bits per heavy atom. The van der Waals surface area contributed by atoms with E-state index in [2.05, 4.69) is 23.8 Å². The quantitative estimate of drug-likeness (QED) is 0.209. The number of rotatable bonds is 11. The first-order valence-corrected chi connectivity index (χ1v) is 13.2. The highest BCUT2D eigenvalue weighted by molar-refractivity contribution is 5.67. The Bertz CT molecular complexity index is 1000. The molecule has 0 spiro atoms. The summed E-state index contributed by atoms with van der Waals surface area (Å²) in [5.74, 6) is 0.965. The van der Waals surface area contributed by atoms with Crippen LogP contribution in [0.3, 0.4) is 0 Å². The Morgan fingerprint density at radius 3 is 2.14 bits per heavy atom. The zero-order valence-corrected chi connectivity index (χ0v) is 21.5. The molecule has 1 atom stereocenters. The van der Waals surface area contributed by atoms with Gasteiger partial charge in [0.1, 0.15) is 5.75 Å². The van der Waals surface area contributed by atoms with Gasteiger partial charge in [-0.15, -0.1) is 0 Å². The van der Waals surface area contributed by atoms with Gasteiger partial charge in [0.15, 0.2) is 0 Å². The maximum Gasteiger partial charge on any atom is 0.439 e. The molecule has 1 aliphatic rings. The van der Waals surface area contributed by atoms with E-state index in [-0.39, 0.29) is 5.56 Å². The average Bonchev–Trinajstić information content (AvgIpc) is 2.86. The van der Waals surface area contributed by atoms with Crippen LogP contribution in [0.2, 0.25) is 0 Å². The van der Waals surface area contributed by atoms with Gasteiger partial charge in [0.25, 0.3) is 6.17 Å². The molecule has 204 valence electrons. The first-order valence-electron chi connectivity index (χ1n) is 13.2. The second-order valence-corrected chi connectivity index (χ2v) is 10.2. The van der Waals surface area contributed by atoms with Crippen LogP contribution in [-0.2, 0) is 0 Å². The fourth-order valence-corrected chi connectivity index (χ4v) is 4.90. The molecule has 0 saturated heterocycles. The smallest absolute Gasteiger partial charge is 0.430 e. The SMILES string of the molecule is CCCCCCC1CCC(C=Cc2ccc(-c3ccc(OC(F)(F)C(F)C(F)(F)F)c(C)c3)cc2)CC1. The van der Waals surface area contributed by atoms with E-state index < -0.39 is 24.2 Å². The van der Waals surface area contributed by atoms with Crippen LogP contribution in [0.25, 0.3) is 17.2 Å². The minimum Gasteiger partial charge on any atom is -0.430 e. The monoisotopic (exact) mass is 526 g/mol. The number of alkyl halides is 6. The summed E-state index contributed by atoms with van der Waals surface area (Å²) < 4.78 is 81.6. The molecule has 0 aromatic heterocycles. The molecule has 7 heteroatoms. The summed E-state index contributed by atoms with van der Waals surface area (Å²) in [5.41, 5.74) is 2.74. The molecule has 1 unspecified atom stereocenters.